The van der Waals surface area contributed by atoms with Gasteiger partial charge in [-0.3, -0.25) is 9.48 Å². The van der Waals surface area contributed by atoms with E-state index in [1.54, 1.807) is 10.9 Å². The van der Waals surface area contributed by atoms with E-state index < -0.39 is 0 Å². The van der Waals surface area contributed by atoms with Gasteiger partial charge in [0.05, 0.1) is 6.20 Å². The Balaban J connectivity index is 1.51. The van der Waals surface area contributed by atoms with E-state index in [0.29, 0.717) is 6.54 Å². The average Bonchev–Trinajstić information content (AvgIpc) is 3.04. The van der Waals surface area contributed by atoms with E-state index >= 15 is 0 Å². The van der Waals surface area contributed by atoms with Gasteiger partial charge in [0.2, 0.25) is 0 Å². The largest absolute Gasteiger partial charge is 0.352 e. The van der Waals surface area contributed by atoms with Crippen molar-refractivity contribution in [2.24, 2.45) is 0 Å². The van der Waals surface area contributed by atoms with Gasteiger partial charge in [0.1, 0.15) is 0 Å². The first-order valence-electron chi connectivity index (χ1n) is 7.28. The third kappa shape index (κ3) is 3.46. The Morgan fingerprint density at radius 1 is 1.38 bits per heavy atom. The Kier molecular flexibility index (Phi) is 4.25. The lowest BCUT2D eigenvalue weighted by molar-refractivity contribution is 0.0952. The van der Waals surface area contributed by atoms with Crippen molar-refractivity contribution in [1.29, 1.82) is 0 Å². The number of benzene rings is 1. The number of rotatable bonds is 5. The SMILES string of the molecule is O=C(NCCCn1ccnn1)c1ccc2c(c1)CNCC2. The third-order valence-electron chi connectivity index (χ3n) is 3.68. The molecule has 0 unspecified atom stereocenters. The second-order valence-corrected chi connectivity index (χ2v) is 5.19. The van der Waals surface area contributed by atoms with Crippen LogP contribution in [0.3, 0.4) is 0 Å². The maximum Gasteiger partial charge on any atom is 0.251 e. The Labute approximate surface area is 123 Å². The smallest absolute Gasteiger partial charge is 0.251 e. The van der Waals surface area contributed by atoms with Crippen molar-refractivity contribution in [3.05, 3.63) is 47.3 Å². The number of aryl methyl sites for hydroxylation is 1. The lowest BCUT2D eigenvalue weighted by Gasteiger charge is -2.17. The van der Waals surface area contributed by atoms with Crippen molar-refractivity contribution in [2.75, 3.05) is 13.1 Å². The van der Waals surface area contributed by atoms with Crippen LogP contribution >= 0.6 is 0 Å². The van der Waals surface area contributed by atoms with Gasteiger partial charge in [-0.15, -0.1) is 5.10 Å². The van der Waals surface area contributed by atoms with Gasteiger partial charge < -0.3 is 10.6 Å². The molecule has 1 aromatic heterocycles. The van der Waals surface area contributed by atoms with E-state index in [9.17, 15) is 4.79 Å². The van der Waals surface area contributed by atoms with Crippen molar-refractivity contribution in [2.45, 2.75) is 25.9 Å². The molecule has 2 N–H and O–H groups in total. The molecule has 2 heterocycles. The predicted octanol–water partition coefficient (Wildman–Crippen LogP) is 0.744. The molecule has 0 saturated carbocycles. The van der Waals surface area contributed by atoms with Gasteiger partial charge >= 0.3 is 0 Å². The number of hydrogen-bond donors (Lipinski definition) is 2. The van der Waals surface area contributed by atoms with Crippen molar-refractivity contribution < 1.29 is 4.79 Å². The molecule has 1 aliphatic rings. The van der Waals surface area contributed by atoms with E-state index in [1.165, 1.54) is 11.1 Å². The van der Waals surface area contributed by atoms with Crippen molar-refractivity contribution in [3.63, 3.8) is 0 Å². The summed E-state index contributed by atoms with van der Waals surface area (Å²) in [5.41, 5.74) is 3.31. The highest BCUT2D eigenvalue weighted by Gasteiger charge is 2.12. The van der Waals surface area contributed by atoms with Crippen LogP contribution < -0.4 is 10.6 Å². The molecule has 6 heteroatoms. The molecular formula is C15H19N5O. The van der Waals surface area contributed by atoms with Crippen molar-refractivity contribution in [3.8, 4) is 0 Å². The first-order chi connectivity index (χ1) is 10.3. The highest BCUT2D eigenvalue weighted by molar-refractivity contribution is 5.94. The fourth-order valence-electron chi connectivity index (χ4n) is 2.52. The molecule has 0 spiro atoms. The fourth-order valence-corrected chi connectivity index (χ4v) is 2.52. The number of hydrogen-bond acceptors (Lipinski definition) is 4. The van der Waals surface area contributed by atoms with Gasteiger partial charge in [0, 0.05) is 31.4 Å². The van der Waals surface area contributed by atoms with Crippen LogP contribution in [0.1, 0.15) is 27.9 Å². The lowest BCUT2D eigenvalue weighted by Crippen LogP contribution is -2.27. The number of aromatic nitrogens is 3. The maximum absolute atomic E-state index is 12.1. The average molecular weight is 285 g/mol. The molecule has 0 atom stereocenters. The minimum absolute atomic E-state index is 0.0121. The molecule has 0 radical (unpaired) electrons. The highest BCUT2D eigenvalue weighted by Crippen LogP contribution is 2.15. The van der Waals surface area contributed by atoms with Crippen LogP contribution in [0.25, 0.3) is 0 Å². The van der Waals surface area contributed by atoms with E-state index in [-0.39, 0.29) is 5.91 Å². The normalized spacial score (nSPS) is 13.7. The summed E-state index contributed by atoms with van der Waals surface area (Å²) in [6, 6.07) is 5.98. The monoisotopic (exact) mass is 285 g/mol. The zero-order valence-corrected chi connectivity index (χ0v) is 11.9. The Bertz CT molecular complexity index is 609. The quantitative estimate of drug-likeness (QED) is 0.795. The van der Waals surface area contributed by atoms with Crippen LogP contribution in [-0.4, -0.2) is 34.0 Å². The molecule has 110 valence electrons. The molecule has 21 heavy (non-hydrogen) atoms. The van der Waals surface area contributed by atoms with Crippen LogP contribution in [-0.2, 0) is 19.5 Å². The van der Waals surface area contributed by atoms with Crippen LogP contribution in [0, 0.1) is 0 Å². The summed E-state index contributed by atoms with van der Waals surface area (Å²) in [6.07, 6.45) is 5.34. The molecule has 0 fully saturated rings. The van der Waals surface area contributed by atoms with Gasteiger partial charge in [-0.05, 0) is 42.6 Å². The van der Waals surface area contributed by atoms with Crippen molar-refractivity contribution in [1.82, 2.24) is 25.6 Å². The topological polar surface area (TPSA) is 71.8 Å². The molecule has 0 bridgehead atoms. The van der Waals surface area contributed by atoms with Crippen LogP contribution in [0.15, 0.2) is 30.6 Å². The summed E-state index contributed by atoms with van der Waals surface area (Å²) in [5, 5.41) is 13.9. The maximum atomic E-state index is 12.1. The standard InChI is InChI=1S/C15H19N5O/c21-15(17-5-1-8-20-9-7-18-19-20)13-3-2-12-4-6-16-11-14(12)10-13/h2-3,7,9-10,16H,1,4-6,8,11H2,(H,17,21). The van der Waals surface area contributed by atoms with Gasteiger partial charge in [-0.25, -0.2) is 0 Å². The molecule has 3 rings (SSSR count). The number of nitrogens with zero attached hydrogens (tertiary/aromatic N) is 3. The second-order valence-electron chi connectivity index (χ2n) is 5.19. The van der Waals surface area contributed by atoms with Gasteiger partial charge in [0.25, 0.3) is 5.91 Å². The Morgan fingerprint density at radius 3 is 3.19 bits per heavy atom. The predicted molar refractivity (Wildman–Crippen MR) is 78.8 cm³/mol. The zero-order valence-electron chi connectivity index (χ0n) is 11.9. The van der Waals surface area contributed by atoms with Crippen LogP contribution in [0.2, 0.25) is 0 Å². The van der Waals surface area contributed by atoms with E-state index in [0.717, 1.165) is 38.0 Å². The van der Waals surface area contributed by atoms with E-state index in [2.05, 4.69) is 27.0 Å². The summed E-state index contributed by atoms with van der Waals surface area (Å²) in [6.45, 7) is 3.26. The first kappa shape index (κ1) is 13.8. The van der Waals surface area contributed by atoms with E-state index in [1.807, 2.05) is 18.3 Å². The summed E-state index contributed by atoms with van der Waals surface area (Å²) < 4.78 is 1.76. The molecule has 0 aliphatic carbocycles. The number of carbonyl (C=O) groups excluding carboxylic acids is 1. The first-order valence-corrected chi connectivity index (χ1v) is 7.28. The number of fused-ring (bicyclic) bond motifs is 1. The third-order valence-corrected chi connectivity index (χ3v) is 3.68. The Hall–Kier alpha value is -2.21. The molecule has 6 nitrogen and oxygen atoms in total. The second kappa shape index (κ2) is 6.49. The zero-order chi connectivity index (χ0) is 14.5. The van der Waals surface area contributed by atoms with Gasteiger partial charge in [0.15, 0.2) is 0 Å². The molecular weight excluding hydrogens is 266 g/mol. The van der Waals surface area contributed by atoms with Crippen molar-refractivity contribution >= 4 is 5.91 Å². The molecule has 1 aliphatic heterocycles. The van der Waals surface area contributed by atoms with Gasteiger partial charge in [-0.1, -0.05) is 11.3 Å². The summed E-state index contributed by atoms with van der Waals surface area (Å²) in [4.78, 5) is 12.1. The molecule has 0 saturated heterocycles. The molecule has 1 amide bonds. The van der Waals surface area contributed by atoms with Crippen LogP contribution in [0.5, 0.6) is 0 Å². The molecule has 1 aromatic carbocycles. The summed E-state index contributed by atoms with van der Waals surface area (Å²) >= 11 is 0. The summed E-state index contributed by atoms with van der Waals surface area (Å²) in [7, 11) is 0. The number of amides is 1. The summed E-state index contributed by atoms with van der Waals surface area (Å²) in [5.74, 6) is -0.0121. The lowest BCUT2D eigenvalue weighted by atomic mass is 9.98. The Morgan fingerprint density at radius 2 is 2.33 bits per heavy atom. The number of carbonyl (C=O) groups is 1. The minimum Gasteiger partial charge on any atom is -0.352 e. The van der Waals surface area contributed by atoms with E-state index in [4.69, 9.17) is 0 Å². The highest BCUT2D eigenvalue weighted by atomic mass is 16.1. The molecule has 2 aromatic rings. The minimum atomic E-state index is -0.0121. The van der Waals surface area contributed by atoms with Gasteiger partial charge in [-0.2, -0.15) is 0 Å². The van der Waals surface area contributed by atoms with Crippen LogP contribution in [0.4, 0.5) is 0 Å². The number of nitrogens with one attached hydrogen (secondary N) is 2. The fraction of sp³-hybridized carbons (Fsp3) is 0.400.